The van der Waals surface area contributed by atoms with Gasteiger partial charge in [-0.05, 0) is 36.8 Å². The van der Waals surface area contributed by atoms with Crippen LogP contribution >= 0.6 is 0 Å². The number of hydrogen-bond donors (Lipinski definition) is 1. The van der Waals surface area contributed by atoms with Crippen LogP contribution in [0.2, 0.25) is 0 Å². The standard InChI is InChI=1S/C18H14N4O2/c1-11-2-4-14-13(6-11)18(15(8-19)22-21-14)20-9-12-3-5-16-17(7-12)24-10-23-16/h2-7H,9-10H2,1H3,(H,20,21). The van der Waals surface area contributed by atoms with E-state index in [1.807, 2.05) is 43.3 Å². The first-order chi connectivity index (χ1) is 11.7. The number of aromatic nitrogens is 2. The Morgan fingerprint density at radius 1 is 1.12 bits per heavy atom. The number of aryl methyl sites for hydroxylation is 1. The third-order valence-corrected chi connectivity index (χ3v) is 3.93. The summed E-state index contributed by atoms with van der Waals surface area (Å²) in [4.78, 5) is 0. The van der Waals surface area contributed by atoms with E-state index in [1.165, 1.54) is 0 Å². The zero-order chi connectivity index (χ0) is 16.5. The van der Waals surface area contributed by atoms with Crippen LogP contribution < -0.4 is 14.8 Å². The molecular weight excluding hydrogens is 304 g/mol. The average molecular weight is 318 g/mol. The molecule has 0 aliphatic carbocycles. The summed E-state index contributed by atoms with van der Waals surface area (Å²) in [5.41, 5.74) is 3.87. The predicted octanol–water partition coefficient (Wildman–Crippen LogP) is 3.15. The van der Waals surface area contributed by atoms with Crippen LogP contribution in [0.25, 0.3) is 10.9 Å². The quantitative estimate of drug-likeness (QED) is 0.799. The number of anilines is 1. The van der Waals surface area contributed by atoms with Crippen molar-refractivity contribution in [3.05, 3.63) is 53.2 Å². The van der Waals surface area contributed by atoms with Gasteiger partial charge < -0.3 is 14.8 Å². The van der Waals surface area contributed by atoms with Gasteiger partial charge in [-0.1, -0.05) is 17.7 Å². The maximum atomic E-state index is 9.34. The number of hydrogen-bond acceptors (Lipinski definition) is 6. The molecule has 0 amide bonds. The molecule has 1 aromatic heterocycles. The van der Waals surface area contributed by atoms with Gasteiger partial charge in [0.2, 0.25) is 6.79 Å². The molecule has 0 unspecified atom stereocenters. The van der Waals surface area contributed by atoms with Crippen molar-refractivity contribution in [3.63, 3.8) is 0 Å². The minimum absolute atomic E-state index is 0.253. The minimum atomic E-state index is 0.253. The predicted molar refractivity (Wildman–Crippen MR) is 88.9 cm³/mol. The van der Waals surface area contributed by atoms with Crippen molar-refractivity contribution in [1.29, 1.82) is 5.26 Å². The number of benzene rings is 2. The molecule has 1 aliphatic heterocycles. The van der Waals surface area contributed by atoms with E-state index in [0.29, 0.717) is 12.2 Å². The van der Waals surface area contributed by atoms with Gasteiger partial charge in [-0.15, -0.1) is 10.2 Å². The van der Waals surface area contributed by atoms with Crippen LogP contribution in [0, 0.1) is 18.3 Å². The van der Waals surface area contributed by atoms with E-state index in [1.54, 1.807) is 0 Å². The summed E-state index contributed by atoms with van der Waals surface area (Å²) in [5.74, 6) is 1.49. The first-order valence-corrected chi connectivity index (χ1v) is 7.54. The Balaban J connectivity index is 1.69. The summed E-state index contributed by atoms with van der Waals surface area (Å²) < 4.78 is 10.7. The van der Waals surface area contributed by atoms with Gasteiger partial charge in [-0.3, -0.25) is 0 Å². The molecule has 1 aliphatic rings. The molecule has 0 fully saturated rings. The number of nitrogens with zero attached hydrogens (tertiary/aromatic N) is 3. The van der Waals surface area contributed by atoms with E-state index in [4.69, 9.17) is 9.47 Å². The van der Waals surface area contributed by atoms with Crippen LogP contribution in [0.5, 0.6) is 11.5 Å². The maximum absolute atomic E-state index is 9.34. The van der Waals surface area contributed by atoms with Gasteiger partial charge in [-0.25, -0.2) is 0 Å². The van der Waals surface area contributed by atoms with Gasteiger partial charge in [-0.2, -0.15) is 5.26 Å². The highest BCUT2D eigenvalue weighted by molar-refractivity contribution is 5.93. The third-order valence-electron chi connectivity index (χ3n) is 3.93. The maximum Gasteiger partial charge on any atom is 0.231 e. The lowest BCUT2D eigenvalue weighted by Gasteiger charge is -2.11. The molecule has 0 saturated heterocycles. The second-order valence-electron chi connectivity index (χ2n) is 5.60. The van der Waals surface area contributed by atoms with E-state index in [0.717, 1.165) is 33.5 Å². The van der Waals surface area contributed by atoms with Crippen molar-refractivity contribution in [2.75, 3.05) is 12.1 Å². The average Bonchev–Trinajstić information content (AvgIpc) is 3.07. The van der Waals surface area contributed by atoms with Crippen LogP contribution in [0.3, 0.4) is 0 Å². The van der Waals surface area contributed by atoms with Crippen LogP contribution in [0.1, 0.15) is 16.8 Å². The lowest BCUT2D eigenvalue weighted by Crippen LogP contribution is -2.05. The molecule has 0 saturated carbocycles. The fourth-order valence-corrected chi connectivity index (χ4v) is 2.72. The summed E-state index contributed by atoms with van der Waals surface area (Å²) in [6.07, 6.45) is 0. The SMILES string of the molecule is Cc1ccc2nnc(C#N)c(NCc3ccc4c(c3)OCO4)c2c1. The van der Waals surface area contributed by atoms with Gasteiger partial charge in [0.15, 0.2) is 17.2 Å². The van der Waals surface area contributed by atoms with Crippen molar-refractivity contribution in [3.8, 4) is 17.6 Å². The molecule has 4 rings (SSSR count). The summed E-state index contributed by atoms with van der Waals surface area (Å²) in [6, 6.07) is 13.8. The molecule has 6 nitrogen and oxygen atoms in total. The van der Waals surface area contributed by atoms with E-state index in [-0.39, 0.29) is 12.5 Å². The summed E-state index contributed by atoms with van der Waals surface area (Å²) in [7, 11) is 0. The van der Waals surface area contributed by atoms with Gasteiger partial charge in [0.1, 0.15) is 6.07 Å². The summed E-state index contributed by atoms with van der Waals surface area (Å²) in [5, 5.41) is 21.7. The van der Waals surface area contributed by atoms with E-state index in [2.05, 4.69) is 21.6 Å². The van der Waals surface area contributed by atoms with Gasteiger partial charge in [0.25, 0.3) is 0 Å². The van der Waals surface area contributed by atoms with Crippen LogP contribution in [0.4, 0.5) is 5.69 Å². The van der Waals surface area contributed by atoms with Crippen molar-refractivity contribution in [2.45, 2.75) is 13.5 Å². The Morgan fingerprint density at radius 2 is 2.00 bits per heavy atom. The van der Waals surface area contributed by atoms with Crippen LogP contribution in [-0.4, -0.2) is 17.0 Å². The Kier molecular flexibility index (Phi) is 3.39. The Hall–Kier alpha value is -3.33. The van der Waals surface area contributed by atoms with E-state index >= 15 is 0 Å². The Bertz CT molecular complexity index is 979. The monoisotopic (exact) mass is 318 g/mol. The highest BCUT2D eigenvalue weighted by atomic mass is 16.7. The van der Waals surface area contributed by atoms with Gasteiger partial charge in [0.05, 0.1) is 11.2 Å². The van der Waals surface area contributed by atoms with Gasteiger partial charge in [0, 0.05) is 11.9 Å². The Labute approximate surface area is 138 Å². The summed E-state index contributed by atoms with van der Waals surface area (Å²) in [6.45, 7) is 2.80. The number of nitriles is 1. The molecule has 6 heteroatoms. The number of rotatable bonds is 3. The van der Waals surface area contributed by atoms with Crippen molar-refractivity contribution in [1.82, 2.24) is 10.2 Å². The highest BCUT2D eigenvalue weighted by Crippen LogP contribution is 2.33. The number of fused-ring (bicyclic) bond motifs is 2. The molecule has 24 heavy (non-hydrogen) atoms. The smallest absolute Gasteiger partial charge is 0.231 e. The molecule has 1 N–H and O–H groups in total. The highest BCUT2D eigenvalue weighted by Gasteiger charge is 2.14. The molecule has 3 aromatic rings. The fourth-order valence-electron chi connectivity index (χ4n) is 2.72. The normalized spacial score (nSPS) is 12.2. The summed E-state index contributed by atoms with van der Waals surface area (Å²) >= 11 is 0. The molecule has 118 valence electrons. The van der Waals surface area contributed by atoms with E-state index in [9.17, 15) is 5.26 Å². The zero-order valence-electron chi connectivity index (χ0n) is 13.0. The zero-order valence-corrected chi connectivity index (χ0v) is 13.0. The van der Waals surface area contributed by atoms with Crippen LogP contribution in [0.15, 0.2) is 36.4 Å². The lowest BCUT2D eigenvalue weighted by atomic mass is 10.1. The topological polar surface area (TPSA) is 80.1 Å². The fraction of sp³-hybridized carbons (Fsp3) is 0.167. The third kappa shape index (κ3) is 2.46. The second-order valence-corrected chi connectivity index (χ2v) is 5.60. The first-order valence-electron chi connectivity index (χ1n) is 7.54. The molecule has 0 spiro atoms. The molecule has 0 bridgehead atoms. The lowest BCUT2D eigenvalue weighted by molar-refractivity contribution is 0.174. The van der Waals surface area contributed by atoms with Crippen LogP contribution in [-0.2, 0) is 6.54 Å². The largest absolute Gasteiger partial charge is 0.454 e. The number of nitrogens with one attached hydrogen (secondary N) is 1. The molecule has 2 aromatic carbocycles. The van der Waals surface area contributed by atoms with Crippen molar-refractivity contribution < 1.29 is 9.47 Å². The minimum Gasteiger partial charge on any atom is -0.454 e. The first kappa shape index (κ1) is 14.3. The molecular formula is C18H14N4O2. The molecule has 0 radical (unpaired) electrons. The van der Waals surface area contributed by atoms with Crippen molar-refractivity contribution in [2.24, 2.45) is 0 Å². The van der Waals surface area contributed by atoms with Crippen molar-refractivity contribution >= 4 is 16.6 Å². The van der Waals surface area contributed by atoms with Gasteiger partial charge >= 0.3 is 0 Å². The Morgan fingerprint density at radius 3 is 2.88 bits per heavy atom. The number of ether oxygens (including phenoxy) is 2. The van der Waals surface area contributed by atoms with E-state index < -0.39 is 0 Å². The molecule has 0 atom stereocenters. The molecule has 2 heterocycles. The second kappa shape index (κ2) is 5.70.